The zero-order chi connectivity index (χ0) is 26.9. The molecule has 0 spiro atoms. The summed E-state index contributed by atoms with van der Waals surface area (Å²) in [5, 5.41) is 9.81. The first kappa shape index (κ1) is 25.3. The smallest absolute Gasteiger partial charge is 0.0515 e. The SMILES string of the molecule is CCC(C)C(c1ccc(-c2ccc(-c3ccc4c5ccccc5c5ccccc5c4c3)cc2)cc1)N(N)CC. The van der Waals surface area contributed by atoms with Crippen molar-refractivity contribution >= 4 is 32.3 Å². The second-order valence-electron chi connectivity index (χ2n) is 10.7. The fourth-order valence-electron chi connectivity index (χ4n) is 6.08. The summed E-state index contributed by atoms with van der Waals surface area (Å²) in [5.41, 5.74) is 6.20. The van der Waals surface area contributed by atoms with Crippen LogP contribution in [-0.4, -0.2) is 11.6 Å². The van der Waals surface area contributed by atoms with E-state index in [1.807, 2.05) is 5.01 Å². The zero-order valence-electron chi connectivity index (χ0n) is 23.1. The first-order valence-corrected chi connectivity index (χ1v) is 14.1. The Kier molecular flexibility index (Phi) is 6.91. The van der Waals surface area contributed by atoms with Crippen LogP contribution in [0.25, 0.3) is 54.6 Å². The van der Waals surface area contributed by atoms with Gasteiger partial charge in [-0.3, -0.25) is 5.84 Å². The van der Waals surface area contributed by atoms with Gasteiger partial charge in [-0.15, -0.1) is 0 Å². The largest absolute Gasteiger partial charge is 0.268 e. The molecule has 6 rings (SSSR count). The molecule has 0 aromatic heterocycles. The summed E-state index contributed by atoms with van der Waals surface area (Å²) in [6.45, 7) is 7.47. The predicted octanol–water partition coefficient (Wildman–Crippen LogP) is 9.76. The number of benzene rings is 6. The molecule has 0 aliphatic heterocycles. The van der Waals surface area contributed by atoms with Crippen LogP contribution in [0.3, 0.4) is 0 Å². The maximum absolute atomic E-state index is 6.37. The summed E-state index contributed by atoms with van der Waals surface area (Å²) >= 11 is 0. The molecule has 6 aromatic rings. The lowest BCUT2D eigenvalue weighted by atomic mass is 9.90. The quantitative estimate of drug-likeness (QED) is 0.132. The van der Waals surface area contributed by atoms with Crippen molar-refractivity contribution in [1.82, 2.24) is 5.01 Å². The molecule has 2 atom stereocenters. The van der Waals surface area contributed by atoms with Gasteiger partial charge in [0.1, 0.15) is 0 Å². The minimum atomic E-state index is 0.234. The van der Waals surface area contributed by atoms with Gasteiger partial charge in [0, 0.05) is 6.54 Å². The van der Waals surface area contributed by atoms with Crippen LogP contribution in [-0.2, 0) is 0 Å². The highest BCUT2D eigenvalue weighted by Gasteiger charge is 2.22. The van der Waals surface area contributed by atoms with Crippen LogP contribution in [0.15, 0.2) is 115 Å². The molecule has 2 N–H and O–H groups in total. The van der Waals surface area contributed by atoms with Gasteiger partial charge >= 0.3 is 0 Å². The maximum Gasteiger partial charge on any atom is 0.0515 e. The van der Waals surface area contributed by atoms with E-state index in [2.05, 4.69) is 136 Å². The molecule has 39 heavy (non-hydrogen) atoms. The van der Waals surface area contributed by atoms with Gasteiger partial charge in [0.15, 0.2) is 0 Å². The fraction of sp³-hybridized carbons (Fsp3) is 0.189. The summed E-state index contributed by atoms with van der Waals surface area (Å²) < 4.78 is 0. The fourth-order valence-corrected chi connectivity index (χ4v) is 6.08. The van der Waals surface area contributed by atoms with Gasteiger partial charge in [0.2, 0.25) is 0 Å². The third kappa shape index (κ3) is 4.61. The van der Waals surface area contributed by atoms with E-state index < -0.39 is 0 Å². The highest BCUT2D eigenvalue weighted by molar-refractivity contribution is 6.25. The highest BCUT2D eigenvalue weighted by Crippen LogP contribution is 2.37. The second-order valence-corrected chi connectivity index (χ2v) is 10.7. The number of nitrogens with zero attached hydrogens (tertiary/aromatic N) is 1. The van der Waals surface area contributed by atoms with Crippen LogP contribution >= 0.6 is 0 Å². The Hall–Kier alpha value is -3.98. The zero-order valence-corrected chi connectivity index (χ0v) is 23.1. The molecule has 0 radical (unpaired) electrons. The van der Waals surface area contributed by atoms with E-state index in [9.17, 15) is 0 Å². The average molecular weight is 509 g/mol. The number of rotatable bonds is 7. The minimum Gasteiger partial charge on any atom is -0.268 e. The van der Waals surface area contributed by atoms with E-state index in [0.717, 1.165) is 13.0 Å². The summed E-state index contributed by atoms with van der Waals surface area (Å²) in [5.74, 6) is 6.87. The van der Waals surface area contributed by atoms with Gasteiger partial charge in [-0.2, -0.15) is 0 Å². The topological polar surface area (TPSA) is 29.3 Å². The molecule has 0 fully saturated rings. The molecule has 6 aromatic carbocycles. The Bertz CT molecular complexity index is 1700. The van der Waals surface area contributed by atoms with E-state index in [-0.39, 0.29) is 6.04 Å². The molecular weight excluding hydrogens is 472 g/mol. The molecule has 0 saturated heterocycles. The van der Waals surface area contributed by atoms with Crippen LogP contribution in [0, 0.1) is 5.92 Å². The van der Waals surface area contributed by atoms with E-state index in [1.165, 1.54) is 60.1 Å². The number of hydrazine groups is 1. The third-order valence-electron chi connectivity index (χ3n) is 8.45. The van der Waals surface area contributed by atoms with E-state index >= 15 is 0 Å². The first-order chi connectivity index (χ1) is 19.1. The van der Waals surface area contributed by atoms with Crippen molar-refractivity contribution in [2.75, 3.05) is 6.54 Å². The number of hydrogen-bond donors (Lipinski definition) is 1. The lowest BCUT2D eigenvalue weighted by molar-refractivity contribution is 0.155. The van der Waals surface area contributed by atoms with Crippen molar-refractivity contribution in [1.29, 1.82) is 0 Å². The Morgan fingerprint density at radius 2 is 0.949 bits per heavy atom. The normalized spacial score (nSPS) is 13.4. The van der Waals surface area contributed by atoms with Crippen molar-refractivity contribution < 1.29 is 0 Å². The standard InChI is InChI=1S/C37H36N2/c1-4-25(3)37(39(38)5-2)29-20-18-27(19-21-29)26-14-16-28(17-15-26)30-22-23-35-33-12-7-6-10-31(33)32-11-8-9-13-34(32)36(35)24-30/h6-25,37H,4-5,38H2,1-3H3. The molecule has 2 nitrogen and oxygen atoms in total. The lowest BCUT2D eigenvalue weighted by Gasteiger charge is -2.31. The summed E-state index contributed by atoms with van der Waals surface area (Å²) in [7, 11) is 0. The molecule has 0 aliphatic carbocycles. The molecule has 0 aliphatic rings. The van der Waals surface area contributed by atoms with Gasteiger partial charge in [-0.25, -0.2) is 5.01 Å². The Morgan fingerprint density at radius 1 is 0.538 bits per heavy atom. The van der Waals surface area contributed by atoms with Crippen molar-refractivity contribution in [2.45, 2.75) is 33.2 Å². The summed E-state index contributed by atoms with van der Waals surface area (Å²) in [4.78, 5) is 0. The van der Waals surface area contributed by atoms with Crippen LogP contribution in [0.2, 0.25) is 0 Å². The van der Waals surface area contributed by atoms with Crippen molar-refractivity contribution in [2.24, 2.45) is 11.8 Å². The molecule has 2 unspecified atom stereocenters. The van der Waals surface area contributed by atoms with Gasteiger partial charge in [0.05, 0.1) is 6.04 Å². The van der Waals surface area contributed by atoms with Crippen molar-refractivity contribution in [3.8, 4) is 22.3 Å². The van der Waals surface area contributed by atoms with Crippen LogP contribution in [0.5, 0.6) is 0 Å². The van der Waals surface area contributed by atoms with Crippen LogP contribution in [0.4, 0.5) is 0 Å². The summed E-state index contributed by atoms with van der Waals surface area (Å²) in [6, 6.07) is 42.6. The van der Waals surface area contributed by atoms with Gasteiger partial charge in [-0.05, 0) is 72.1 Å². The summed E-state index contributed by atoms with van der Waals surface area (Å²) in [6.07, 6.45) is 1.10. The van der Waals surface area contributed by atoms with E-state index in [1.54, 1.807) is 0 Å². The minimum absolute atomic E-state index is 0.234. The van der Waals surface area contributed by atoms with Crippen molar-refractivity contribution in [3.63, 3.8) is 0 Å². The second kappa shape index (κ2) is 10.6. The molecule has 0 saturated carbocycles. The van der Waals surface area contributed by atoms with Crippen molar-refractivity contribution in [3.05, 3.63) is 121 Å². The lowest BCUT2D eigenvalue weighted by Crippen LogP contribution is -2.38. The highest BCUT2D eigenvalue weighted by atomic mass is 15.4. The monoisotopic (exact) mass is 508 g/mol. The Labute approximate surface area is 231 Å². The van der Waals surface area contributed by atoms with Gasteiger partial charge in [0.25, 0.3) is 0 Å². The Morgan fingerprint density at radius 3 is 1.44 bits per heavy atom. The van der Waals surface area contributed by atoms with Gasteiger partial charge in [-0.1, -0.05) is 136 Å². The molecule has 194 valence electrons. The average Bonchev–Trinajstić information content (AvgIpc) is 3.01. The maximum atomic E-state index is 6.37. The number of fused-ring (bicyclic) bond motifs is 6. The predicted molar refractivity (Wildman–Crippen MR) is 169 cm³/mol. The number of hydrogen-bond acceptors (Lipinski definition) is 2. The molecule has 0 bridgehead atoms. The van der Waals surface area contributed by atoms with Gasteiger partial charge < -0.3 is 0 Å². The van der Waals surface area contributed by atoms with Crippen LogP contribution in [0.1, 0.15) is 38.8 Å². The Balaban J connectivity index is 1.34. The first-order valence-electron chi connectivity index (χ1n) is 14.1. The van der Waals surface area contributed by atoms with E-state index in [4.69, 9.17) is 5.84 Å². The number of nitrogens with two attached hydrogens (primary N) is 1. The molecule has 0 heterocycles. The molecular formula is C37H36N2. The van der Waals surface area contributed by atoms with E-state index in [0.29, 0.717) is 5.92 Å². The molecule has 0 amide bonds. The van der Waals surface area contributed by atoms with Crippen LogP contribution < -0.4 is 5.84 Å². The third-order valence-corrected chi connectivity index (χ3v) is 8.45. The molecule has 2 heteroatoms.